The van der Waals surface area contributed by atoms with Crippen molar-refractivity contribution >= 4 is 17.5 Å². The van der Waals surface area contributed by atoms with E-state index in [0.717, 1.165) is 25.8 Å². The molecule has 1 aromatic carbocycles. The van der Waals surface area contributed by atoms with Crippen molar-refractivity contribution in [1.82, 2.24) is 4.90 Å². The van der Waals surface area contributed by atoms with Gasteiger partial charge in [-0.15, -0.1) is 0 Å². The Kier molecular flexibility index (Phi) is 4.61. The van der Waals surface area contributed by atoms with E-state index in [9.17, 15) is 4.79 Å². The normalized spacial score (nSPS) is 19.9. The first-order valence-electron chi connectivity index (χ1n) is 6.40. The number of benzene rings is 1. The van der Waals surface area contributed by atoms with Crippen molar-refractivity contribution in [2.75, 3.05) is 13.2 Å². The monoisotopic (exact) mass is 267 g/mol. The van der Waals surface area contributed by atoms with Crippen molar-refractivity contribution in [2.24, 2.45) is 0 Å². The molecule has 0 spiro atoms. The Morgan fingerprint density at radius 3 is 2.72 bits per heavy atom. The third kappa shape index (κ3) is 3.03. The first-order chi connectivity index (χ1) is 8.72. The molecule has 3 nitrogen and oxygen atoms in total. The molecular weight excluding hydrogens is 250 g/mol. The predicted molar refractivity (Wildman–Crippen MR) is 71.8 cm³/mol. The summed E-state index contributed by atoms with van der Waals surface area (Å²) in [6.45, 7) is 0.918. The smallest absolute Gasteiger partial charge is 0.254 e. The standard InChI is InChI=1S/C14H18ClNO2/c15-12-6-4-11(5-7-12)14(18)16-9-2-1-3-13(16)8-10-17/h4-7,13,17H,1-3,8-10H2/t13-/m0/s1. The van der Waals surface area contributed by atoms with Crippen LogP contribution < -0.4 is 0 Å². The van der Waals surface area contributed by atoms with E-state index in [1.807, 2.05) is 4.90 Å². The minimum absolute atomic E-state index is 0.0461. The fourth-order valence-electron chi connectivity index (χ4n) is 2.48. The van der Waals surface area contributed by atoms with Gasteiger partial charge in [-0.2, -0.15) is 0 Å². The molecule has 1 atom stereocenters. The highest BCUT2D eigenvalue weighted by Crippen LogP contribution is 2.22. The lowest BCUT2D eigenvalue weighted by molar-refractivity contribution is 0.0574. The minimum Gasteiger partial charge on any atom is -0.396 e. The van der Waals surface area contributed by atoms with Crippen LogP contribution in [0, 0.1) is 0 Å². The summed E-state index contributed by atoms with van der Waals surface area (Å²) >= 11 is 5.82. The van der Waals surface area contributed by atoms with E-state index >= 15 is 0 Å². The Balaban J connectivity index is 2.12. The third-order valence-corrected chi connectivity index (χ3v) is 3.69. The van der Waals surface area contributed by atoms with Crippen molar-refractivity contribution in [3.05, 3.63) is 34.9 Å². The van der Waals surface area contributed by atoms with Crippen molar-refractivity contribution in [2.45, 2.75) is 31.7 Å². The van der Waals surface area contributed by atoms with Crippen LogP contribution in [0.3, 0.4) is 0 Å². The van der Waals surface area contributed by atoms with E-state index in [1.54, 1.807) is 24.3 Å². The lowest BCUT2D eigenvalue weighted by atomic mass is 9.98. The maximum atomic E-state index is 12.4. The molecule has 0 unspecified atom stereocenters. The molecule has 1 saturated heterocycles. The van der Waals surface area contributed by atoms with Crippen molar-refractivity contribution in [3.63, 3.8) is 0 Å². The summed E-state index contributed by atoms with van der Waals surface area (Å²) in [5.74, 6) is 0.0461. The fourth-order valence-corrected chi connectivity index (χ4v) is 2.60. The molecule has 0 aliphatic carbocycles. The highest BCUT2D eigenvalue weighted by molar-refractivity contribution is 6.30. The zero-order valence-electron chi connectivity index (χ0n) is 10.3. The lowest BCUT2D eigenvalue weighted by Gasteiger charge is -2.35. The van der Waals surface area contributed by atoms with Crippen LogP contribution >= 0.6 is 11.6 Å². The molecule has 98 valence electrons. The Bertz CT molecular complexity index is 403. The zero-order valence-corrected chi connectivity index (χ0v) is 11.1. The van der Waals surface area contributed by atoms with Gasteiger partial charge in [0.2, 0.25) is 0 Å². The van der Waals surface area contributed by atoms with Gasteiger partial charge in [0.1, 0.15) is 0 Å². The number of nitrogens with zero attached hydrogens (tertiary/aromatic N) is 1. The van der Waals surface area contributed by atoms with E-state index in [2.05, 4.69) is 0 Å². The molecule has 2 rings (SSSR count). The number of carbonyl (C=O) groups is 1. The number of carbonyl (C=O) groups excluding carboxylic acids is 1. The summed E-state index contributed by atoms with van der Waals surface area (Å²) in [6.07, 6.45) is 3.83. The van der Waals surface area contributed by atoms with Gasteiger partial charge in [-0.05, 0) is 49.9 Å². The molecule has 4 heteroatoms. The van der Waals surface area contributed by atoms with Crippen molar-refractivity contribution in [3.8, 4) is 0 Å². The topological polar surface area (TPSA) is 40.5 Å². The first-order valence-corrected chi connectivity index (χ1v) is 6.77. The van der Waals surface area contributed by atoms with Crippen LogP contribution in [0.15, 0.2) is 24.3 Å². The summed E-state index contributed by atoms with van der Waals surface area (Å²) < 4.78 is 0. The Hall–Kier alpha value is -1.06. The summed E-state index contributed by atoms with van der Waals surface area (Å²) in [7, 11) is 0. The molecule has 1 aliphatic rings. The number of hydrogen-bond acceptors (Lipinski definition) is 2. The van der Waals surface area contributed by atoms with Crippen LogP contribution in [0.2, 0.25) is 5.02 Å². The van der Waals surface area contributed by atoms with Gasteiger partial charge in [-0.25, -0.2) is 0 Å². The number of halogens is 1. The molecule has 1 heterocycles. The van der Waals surface area contributed by atoms with Crippen LogP contribution in [0.25, 0.3) is 0 Å². The Labute approximate surface area is 112 Å². The van der Waals surface area contributed by atoms with E-state index in [-0.39, 0.29) is 18.6 Å². The highest BCUT2D eigenvalue weighted by atomic mass is 35.5. The number of hydrogen-bond donors (Lipinski definition) is 1. The van der Waals surface area contributed by atoms with Gasteiger partial charge < -0.3 is 10.0 Å². The molecule has 1 aromatic rings. The molecule has 18 heavy (non-hydrogen) atoms. The predicted octanol–water partition coefficient (Wildman–Crippen LogP) is 2.72. The summed E-state index contributed by atoms with van der Waals surface area (Å²) in [4.78, 5) is 14.3. The number of piperidine rings is 1. The van der Waals surface area contributed by atoms with Gasteiger partial charge in [0.15, 0.2) is 0 Å². The number of aliphatic hydroxyl groups is 1. The van der Waals surface area contributed by atoms with Crippen LogP contribution in [0.4, 0.5) is 0 Å². The van der Waals surface area contributed by atoms with Crippen molar-refractivity contribution < 1.29 is 9.90 Å². The molecule has 1 N–H and O–H groups in total. The molecule has 0 radical (unpaired) electrons. The first kappa shape index (κ1) is 13.4. The second-order valence-electron chi connectivity index (χ2n) is 4.67. The average molecular weight is 268 g/mol. The third-order valence-electron chi connectivity index (χ3n) is 3.44. The molecule has 1 amide bonds. The minimum atomic E-state index is 0.0461. The van der Waals surface area contributed by atoms with Crippen LogP contribution in [0.1, 0.15) is 36.0 Å². The molecule has 0 bridgehead atoms. The molecule has 0 aromatic heterocycles. The van der Waals surface area contributed by atoms with Crippen LogP contribution in [-0.4, -0.2) is 35.1 Å². The fraction of sp³-hybridized carbons (Fsp3) is 0.500. The zero-order chi connectivity index (χ0) is 13.0. The van der Waals surface area contributed by atoms with Crippen molar-refractivity contribution in [1.29, 1.82) is 0 Å². The maximum absolute atomic E-state index is 12.4. The SMILES string of the molecule is O=C(c1ccc(Cl)cc1)N1CCCC[C@H]1CCO. The number of amides is 1. The quantitative estimate of drug-likeness (QED) is 0.915. The Morgan fingerprint density at radius 2 is 2.06 bits per heavy atom. The largest absolute Gasteiger partial charge is 0.396 e. The number of rotatable bonds is 3. The van der Waals surface area contributed by atoms with Gasteiger partial charge in [-0.1, -0.05) is 11.6 Å². The number of aliphatic hydroxyl groups excluding tert-OH is 1. The highest BCUT2D eigenvalue weighted by Gasteiger charge is 2.26. The average Bonchev–Trinajstić information content (AvgIpc) is 2.40. The second-order valence-corrected chi connectivity index (χ2v) is 5.10. The maximum Gasteiger partial charge on any atom is 0.254 e. The van der Waals surface area contributed by atoms with E-state index in [1.165, 1.54) is 0 Å². The van der Waals surface area contributed by atoms with E-state index in [0.29, 0.717) is 17.0 Å². The van der Waals surface area contributed by atoms with Crippen LogP contribution in [-0.2, 0) is 0 Å². The second kappa shape index (κ2) is 6.21. The number of likely N-dealkylation sites (tertiary alicyclic amines) is 1. The lowest BCUT2D eigenvalue weighted by Crippen LogP contribution is -2.44. The van der Waals surface area contributed by atoms with Gasteiger partial charge in [-0.3, -0.25) is 4.79 Å². The van der Waals surface area contributed by atoms with Gasteiger partial charge >= 0.3 is 0 Å². The molecule has 1 aliphatic heterocycles. The Morgan fingerprint density at radius 1 is 1.33 bits per heavy atom. The van der Waals surface area contributed by atoms with Crippen LogP contribution in [0.5, 0.6) is 0 Å². The summed E-state index contributed by atoms with van der Waals surface area (Å²) in [6, 6.07) is 7.16. The molecular formula is C14H18ClNO2. The van der Waals surface area contributed by atoms with E-state index in [4.69, 9.17) is 16.7 Å². The van der Waals surface area contributed by atoms with Gasteiger partial charge in [0, 0.05) is 29.8 Å². The summed E-state index contributed by atoms with van der Waals surface area (Å²) in [5, 5.41) is 9.71. The molecule has 1 fully saturated rings. The van der Waals surface area contributed by atoms with Gasteiger partial charge in [0.25, 0.3) is 5.91 Å². The van der Waals surface area contributed by atoms with E-state index < -0.39 is 0 Å². The summed E-state index contributed by atoms with van der Waals surface area (Å²) in [5.41, 5.74) is 0.671. The molecule has 0 saturated carbocycles. The van der Waals surface area contributed by atoms with Gasteiger partial charge in [0.05, 0.1) is 0 Å².